The molecule has 0 saturated heterocycles. The van der Waals surface area contributed by atoms with E-state index in [-0.39, 0.29) is 0 Å². The van der Waals surface area contributed by atoms with Crippen LogP contribution in [0.4, 0.5) is 5.69 Å². The lowest BCUT2D eigenvalue weighted by Gasteiger charge is -2.17. The molecule has 1 N–H and O–H groups in total. The molecule has 21 heavy (non-hydrogen) atoms. The maximum Gasteiger partial charge on any atom is 0.145 e. The number of pyridine rings is 1. The first kappa shape index (κ1) is 15.6. The zero-order valence-electron chi connectivity index (χ0n) is 13.6. The fourth-order valence-electron chi connectivity index (χ4n) is 2.63. The summed E-state index contributed by atoms with van der Waals surface area (Å²) in [5, 5.41) is 4.75. The lowest BCUT2D eigenvalue weighted by molar-refractivity contribution is 0.320. The molecule has 1 aromatic heterocycles. The molecule has 2 aromatic rings. The van der Waals surface area contributed by atoms with Crippen molar-refractivity contribution < 1.29 is 4.74 Å². The number of nitrogens with one attached hydrogen (secondary N) is 1. The smallest absolute Gasteiger partial charge is 0.145 e. The highest BCUT2D eigenvalue weighted by Crippen LogP contribution is 2.33. The van der Waals surface area contributed by atoms with Gasteiger partial charge in [-0.05, 0) is 37.8 Å². The average molecular weight is 286 g/mol. The molecule has 0 bridgehead atoms. The van der Waals surface area contributed by atoms with Crippen molar-refractivity contribution in [3.63, 3.8) is 0 Å². The van der Waals surface area contributed by atoms with Gasteiger partial charge in [0.25, 0.3) is 0 Å². The van der Waals surface area contributed by atoms with Crippen LogP contribution in [0.2, 0.25) is 0 Å². The van der Waals surface area contributed by atoms with Crippen molar-refractivity contribution in [1.29, 1.82) is 0 Å². The summed E-state index contributed by atoms with van der Waals surface area (Å²) in [6.07, 6.45) is 3.10. The normalized spacial score (nSPS) is 10.9. The Kier molecular flexibility index (Phi) is 5.43. The van der Waals surface area contributed by atoms with Crippen molar-refractivity contribution in [2.45, 2.75) is 47.0 Å². The SMILES string of the molecule is CCCNc1c(CC)c(C)nc2c(OCCC)cccc12. The van der Waals surface area contributed by atoms with Gasteiger partial charge >= 0.3 is 0 Å². The largest absolute Gasteiger partial charge is 0.491 e. The molecule has 0 saturated carbocycles. The maximum absolute atomic E-state index is 5.87. The van der Waals surface area contributed by atoms with E-state index in [1.54, 1.807) is 0 Å². The molecule has 114 valence electrons. The minimum absolute atomic E-state index is 0.729. The van der Waals surface area contributed by atoms with Crippen LogP contribution < -0.4 is 10.1 Å². The minimum Gasteiger partial charge on any atom is -0.491 e. The predicted octanol–water partition coefficient (Wildman–Crippen LogP) is 4.72. The molecule has 0 amide bonds. The van der Waals surface area contributed by atoms with Crippen molar-refractivity contribution in [3.05, 3.63) is 29.5 Å². The van der Waals surface area contributed by atoms with Gasteiger partial charge in [0, 0.05) is 23.3 Å². The first-order valence-electron chi connectivity index (χ1n) is 8.01. The van der Waals surface area contributed by atoms with E-state index >= 15 is 0 Å². The number of aromatic nitrogens is 1. The second kappa shape index (κ2) is 7.30. The summed E-state index contributed by atoms with van der Waals surface area (Å²) in [4.78, 5) is 4.80. The van der Waals surface area contributed by atoms with E-state index < -0.39 is 0 Å². The zero-order valence-corrected chi connectivity index (χ0v) is 13.6. The Bertz CT molecular complexity index is 608. The monoisotopic (exact) mass is 286 g/mol. The van der Waals surface area contributed by atoms with Gasteiger partial charge in [-0.1, -0.05) is 32.9 Å². The van der Waals surface area contributed by atoms with Crippen LogP contribution in [0.15, 0.2) is 18.2 Å². The Morgan fingerprint density at radius 2 is 1.95 bits per heavy atom. The third kappa shape index (κ3) is 3.29. The van der Waals surface area contributed by atoms with Gasteiger partial charge in [0.15, 0.2) is 0 Å². The van der Waals surface area contributed by atoms with Gasteiger partial charge < -0.3 is 10.1 Å². The number of nitrogens with zero attached hydrogens (tertiary/aromatic N) is 1. The molecule has 3 heteroatoms. The van der Waals surface area contributed by atoms with Crippen LogP contribution in [0.25, 0.3) is 10.9 Å². The number of ether oxygens (including phenoxy) is 1. The van der Waals surface area contributed by atoms with E-state index in [1.807, 2.05) is 6.07 Å². The third-order valence-electron chi connectivity index (χ3n) is 3.65. The van der Waals surface area contributed by atoms with E-state index in [4.69, 9.17) is 9.72 Å². The number of hydrogen-bond acceptors (Lipinski definition) is 3. The summed E-state index contributed by atoms with van der Waals surface area (Å²) in [7, 11) is 0. The van der Waals surface area contributed by atoms with Crippen molar-refractivity contribution in [2.24, 2.45) is 0 Å². The zero-order chi connectivity index (χ0) is 15.2. The Morgan fingerprint density at radius 3 is 2.62 bits per heavy atom. The van der Waals surface area contributed by atoms with Crippen molar-refractivity contribution in [1.82, 2.24) is 4.98 Å². The van der Waals surface area contributed by atoms with Crippen molar-refractivity contribution in [2.75, 3.05) is 18.5 Å². The number of aryl methyl sites for hydroxylation is 1. The molecule has 0 unspecified atom stereocenters. The minimum atomic E-state index is 0.729. The lowest BCUT2D eigenvalue weighted by atomic mass is 10.0. The molecule has 0 radical (unpaired) electrons. The molecule has 2 rings (SSSR count). The van der Waals surface area contributed by atoms with E-state index in [0.717, 1.165) is 49.4 Å². The molecule has 0 fully saturated rings. The highest BCUT2D eigenvalue weighted by molar-refractivity contribution is 5.96. The van der Waals surface area contributed by atoms with E-state index in [2.05, 4.69) is 45.1 Å². The van der Waals surface area contributed by atoms with Crippen LogP contribution in [0.3, 0.4) is 0 Å². The molecular weight excluding hydrogens is 260 g/mol. The topological polar surface area (TPSA) is 34.2 Å². The Hall–Kier alpha value is -1.77. The maximum atomic E-state index is 5.87. The van der Waals surface area contributed by atoms with Crippen LogP contribution in [0, 0.1) is 6.92 Å². The Morgan fingerprint density at radius 1 is 1.14 bits per heavy atom. The molecule has 0 atom stereocenters. The lowest BCUT2D eigenvalue weighted by Crippen LogP contribution is -2.07. The first-order valence-corrected chi connectivity index (χ1v) is 8.01. The number of para-hydroxylation sites is 1. The number of benzene rings is 1. The molecule has 3 nitrogen and oxygen atoms in total. The van der Waals surface area contributed by atoms with Gasteiger partial charge in [-0.2, -0.15) is 0 Å². The van der Waals surface area contributed by atoms with Crippen LogP contribution >= 0.6 is 0 Å². The standard InChI is InChI=1S/C18H26N2O/c1-5-11-19-17-14(7-3)13(4)20-18-15(17)9-8-10-16(18)21-12-6-2/h8-10H,5-7,11-12H2,1-4H3,(H,19,20). The summed E-state index contributed by atoms with van der Waals surface area (Å²) in [5.74, 6) is 0.889. The predicted molar refractivity (Wildman–Crippen MR) is 90.4 cm³/mol. The van der Waals surface area contributed by atoms with Gasteiger partial charge in [-0.15, -0.1) is 0 Å². The quantitative estimate of drug-likeness (QED) is 0.800. The van der Waals surface area contributed by atoms with Crippen molar-refractivity contribution in [3.8, 4) is 5.75 Å². The van der Waals surface area contributed by atoms with Gasteiger partial charge in [-0.3, -0.25) is 0 Å². The van der Waals surface area contributed by atoms with E-state index in [9.17, 15) is 0 Å². The van der Waals surface area contributed by atoms with Gasteiger partial charge in [0.05, 0.1) is 6.61 Å². The summed E-state index contributed by atoms with van der Waals surface area (Å²) in [5.41, 5.74) is 4.60. The molecule has 0 aliphatic carbocycles. The Balaban J connectivity index is 2.60. The second-order valence-corrected chi connectivity index (χ2v) is 5.33. The van der Waals surface area contributed by atoms with Crippen LogP contribution in [0.1, 0.15) is 44.9 Å². The number of anilines is 1. The highest BCUT2D eigenvalue weighted by atomic mass is 16.5. The molecular formula is C18H26N2O. The first-order chi connectivity index (χ1) is 10.2. The van der Waals surface area contributed by atoms with Gasteiger partial charge in [0.2, 0.25) is 0 Å². The Labute approximate surface area is 127 Å². The number of fused-ring (bicyclic) bond motifs is 1. The number of hydrogen-bond donors (Lipinski definition) is 1. The number of rotatable bonds is 7. The summed E-state index contributed by atoms with van der Waals surface area (Å²) in [6, 6.07) is 6.21. The van der Waals surface area contributed by atoms with Crippen LogP contribution in [-0.2, 0) is 6.42 Å². The second-order valence-electron chi connectivity index (χ2n) is 5.33. The van der Waals surface area contributed by atoms with Gasteiger partial charge in [-0.25, -0.2) is 4.98 Å². The fraction of sp³-hybridized carbons (Fsp3) is 0.500. The fourth-order valence-corrected chi connectivity index (χ4v) is 2.63. The van der Waals surface area contributed by atoms with Crippen LogP contribution in [0.5, 0.6) is 5.75 Å². The summed E-state index contributed by atoms with van der Waals surface area (Å²) in [6.45, 7) is 10.3. The molecule has 0 spiro atoms. The third-order valence-corrected chi connectivity index (χ3v) is 3.65. The highest BCUT2D eigenvalue weighted by Gasteiger charge is 2.13. The van der Waals surface area contributed by atoms with E-state index in [1.165, 1.54) is 16.6 Å². The summed E-state index contributed by atoms with van der Waals surface area (Å²) < 4.78 is 5.87. The average Bonchev–Trinajstić information content (AvgIpc) is 2.50. The van der Waals surface area contributed by atoms with Gasteiger partial charge in [0.1, 0.15) is 11.3 Å². The molecule has 0 aliphatic rings. The molecule has 1 heterocycles. The summed E-state index contributed by atoms with van der Waals surface area (Å²) >= 11 is 0. The molecule has 0 aliphatic heterocycles. The van der Waals surface area contributed by atoms with Crippen LogP contribution in [-0.4, -0.2) is 18.1 Å². The van der Waals surface area contributed by atoms with E-state index in [0.29, 0.717) is 0 Å². The van der Waals surface area contributed by atoms with Crippen molar-refractivity contribution >= 4 is 16.6 Å². The molecule has 1 aromatic carbocycles.